The molecule has 0 unspecified atom stereocenters. The Labute approximate surface area is 799 Å². The van der Waals surface area contributed by atoms with Crippen molar-refractivity contribution in [2.45, 2.75) is 118 Å². The lowest BCUT2D eigenvalue weighted by atomic mass is 9.89. The van der Waals surface area contributed by atoms with E-state index in [9.17, 15) is 0 Å². The van der Waals surface area contributed by atoms with E-state index in [1.165, 1.54) is 135 Å². The van der Waals surface area contributed by atoms with Crippen molar-refractivity contribution in [3.63, 3.8) is 0 Å². The van der Waals surface area contributed by atoms with Gasteiger partial charge in [-0.3, -0.25) is 0 Å². The van der Waals surface area contributed by atoms with Gasteiger partial charge in [-0.25, -0.2) is 0 Å². The molecule has 17 rings (SSSR count). The smallest absolute Gasteiger partial charge is 0.101 e. The van der Waals surface area contributed by atoms with E-state index < -0.39 is 13.7 Å². The Kier molecular flexibility index (Phi) is 31.1. The summed E-state index contributed by atoms with van der Waals surface area (Å²) < 4.78 is 46.6. The third-order valence-corrected chi connectivity index (χ3v) is 23.0. The van der Waals surface area contributed by atoms with Gasteiger partial charge in [0.25, 0.3) is 35.2 Å². The first kappa shape index (κ1) is 86.0. The number of nitrogens with zero attached hydrogens (tertiary/aromatic N) is 5. The third-order valence-electron chi connectivity index (χ3n) is 23.0. The second kappa shape index (κ2) is 48.1. The third kappa shape index (κ3) is 26.9. The molecular formula is C128H112N5+5. The predicted molar refractivity (Wildman–Crippen MR) is 567 cm³/mol. The van der Waals surface area contributed by atoms with Gasteiger partial charge in [-0.2, -0.15) is 0 Å². The molecule has 2 fully saturated rings. The van der Waals surface area contributed by atoms with Gasteiger partial charge in [0.2, 0.25) is 0 Å². The fourth-order valence-electron chi connectivity index (χ4n) is 17.1. The highest BCUT2D eigenvalue weighted by atomic mass is 14.6. The minimum absolute atomic E-state index is 0.279. The number of rotatable bonds is 12. The van der Waals surface area contributed by atoms with Crippen molar-refractivity contribution in [3.8, 4) is 201 Å². The van der Waals surface area contributed by atoms with Crippen LogP contribution in [0.3, 0.4) is 0 Å². The van der Waals surface area contributed by atoms with Gasteiger partial charge in [0.1, 0.15) is 27.8 Å². The molecule has 0 aliphatic heterocycles. The van der Waals surface area contributed by atoms with E-state index in [1.807, 2.05) is 149 Å². The van der Waals surface area contributed by atoms with Crippen LogP contribution in [0.2, 0.25) is 0 Å². The summed E-state index contributed by atoms with van der Waals surface area (Å²) in [6, 6.07) is 129. The zero-order chi connectivity index (χ0) is 98.1. The van der Waals surface area contributed by atoms with Gasteiger partial charge in [0, 0.05) is 36.0 Å². The van der Waals surface area contributed by atoms with E-state index in [0.29, 0.717) is 28.5 Å². The van der Waals surface area contributed by atoms with Crippen molar-refractivity contribution < 1.29 is 8.22 Å². The molecule has 0 saturated heterocycles. The zero-order valence-electron chi connectivity index (χ0n) is 83.8. The first-order chi connectivity index (χ1) is 67.5. The van der Waals surface area contributed by atoms with Crippen LogP contribution in [-0.2, 0) is 0 Å². The van der Waals surface area contributed by atoms with Crippen LogP contribution in [0.4, 0.5) is 0 Å². The molecule has 2 aliphatic rings. The lowest BCUT2D eigenvalue weighted by Gasteiger charge is -2.15. The molecule has 2 aliphatic carbocycles. The lowest BCUT2D eigenvalue weighted by Crippen LogP contribution is -1.95. The van der Waals surface area contributed by atoms with E-state index >= 15 is 0 Å². The number of hydrogen-bond donors (Lipinski definition) is 0. The van der Waals surface area contributed by atoms with Crippen LogP contribution in [0.25, 0.3) is 135 Å². The number of hydrogen-bond acceptors (Lipinski definition) is 0. The van der Waals surface area contributed by atoms with Gasteiger partial charge < -0.3 is 0 Å². The van der Waals surface area contributed by atoms with Crippen molar-refractivity contribution in [3.05, 3.63) is 441 Å². The minimum Gasteiger partial charge on any atom is -0.101 e. The van der Waals surface area contributed by atoms with Crippen molar-refractivity contribution in [2.24, 2.45) is 0 Å². The van der Waals surface area contributed by atoms with Crippen LogP contribution < -0.4 is 0 Å². The van der Waals surface area contributed by atoms with Gasteiger partial charge in [-0.15, -0.1) is 29.6 Å². The lowest BCUT2D eigenvalue weighted by molar-refractivity contribution is 0.723. The van der Waals surface area contributed by atoms with Gasteiger partial charge in [0.15, 0.2) is 0 Å². The Morgan fingerprint density at radius 2 is 0.398 bits per heavy atom. The number of benzene rings is 15. The fourth-order valence-corrected chi connectivity index (χ4v) is 17.1. The summed E-state index contributed by atoms with van der Waals surface area (Å²) >= 11 is 0. The normalized spacial score (nSPS) is 12.1. The standard InChI is InChI=1S/2C28H26N.3C24H20N/c1-3-8-21-9-6-13-24(15-21)27-17-26(23-11-4-5-12-23)18-28(19-27)25-14-7-10-22(16-25)20-29-2;1-3-8-21-15-27(23-10-4-5-11-23)19-28(16-21)26-14-7-13-25(18-26)24-12-6-9-22(17-24)20-29-2;1-4-7-19-8-5-10-21(14-19)23-12-18(2)13-24(16-23)22-11-6-9-20(15-22)17-25-3;1-4-7-19-12-18(2)13-24(14-19)23-11-6-10-22(16-23)21-9-5-8-20(15-21)17-25-3;1-4-7-19-8-5-9-21(14-19)22-10-6-11-23(16-22)24-13-18(2)12-20(15-24)17-25-3/h6-7,9-10,13-19,23H,4-5,11-12H2,1-2H3;6-7,9,12-19,23H,4-5,10-11H2,1-2H3;3*5-6,8-16H,1-3H3/q5*+1/i;;;2*2D3. The highest BCUT2D eigenvalue weighted by Crippen LogP contribution is 2.42. The summed E-state index contributed by atoms with van der Waals surface area (Å²) in [6.45, 7) is 6.98. The minimum atomic E-state index is -2.19. The molecule has 0 spiro atoms. The Morgan fingerprint density at radius 3 is 0.707 bits per heavy atom. The van der Waals surface area contributed by atoms with Crippen LogP contribution in [0.1, 0.15) is 189 Å². The highest BCUT2D eigenvalue weighted by molar-refractivity contribution is 5.81. The van der Waals surface area contributed by atoms with Crippen LogP contribution in [-0.4, -0.2) is 35.2 Å². The molecule has 0 aromatic heterocycles. The number of aryl methyl sites for hydroxylation is 3. The van der Waals surface area contributed by atoms with E-state index in [4.69, 9.17) is 8.22 Å². The average Bonchev–Trinajstić information content (AvgIpc) is 1.49. The molecule has 0 radical (unpaired) electrons. The molecule has 0 N–H and O–H groups in total. The molecule has 0 heterocycles. The molecule has 0 bridgehead atoms. The maximum absolute atomic E-state index is 7.77. The monoisotopic (exact) mass is 1720 g/mol. The Morgan fingerprint density at radius 1 is 0.203 bits per heavy atom. The summed E-state index contributed by atoms with van der Waals surface area (Å²) in [7, 11) is 8.57. The molecule has 133 heavy (non-hydrogen) atoms. The van der Waals surface area contributed by atoms with Crippen molar-refractivity contribution in [2.75, 3.05) is 35.2 Å². The Bertz CT molecular complexity index is 7380. The van der Waals surface area contributed by atoms with Gasteiger partial charge in [-0.05, 0) is 384 Å². The van der Waals surface area contributed by atoms with Crippen molar-refractivity contribution in [1.82, 2.24) is 0 Å². The first-order valence-corrected chi connectivity index (χ1v) is 45.2. The maximum Gasteiger partial charge on any atom is 0.310 e. The van der Waals surface area contributed by atoms with Crippen LogP contribution in [0, 0.1) is 110 Å². The molecule has 15 aromatic carbocycles. The highest BCUT2D eigenvalue weighted by Gasteiger charge is 2.22. The molecule has 0 amide bonds. The Balaban J connectivity index is 0.000000147. The van der Waals surface area contributed by atoms with Gasteiger partial charge in [0.05, 0.1) is 0 Å². The van der Waals surface area contributed by atoms with Crippen LogP contribution in [0.15, 0.2) is 334 Å². The molecule has 5 nitrogen and oxygen atoms in total. The first-order valence-electron chi connectivity index (χ1n) is 48.2. The van der Waals surface area contributed by atoms with Gasteiger partial charge in [-0.1, -0.05) is 262 Å². The summed E-state index contributed by atoms with van der Waals surface area (Å²) in [5.41, 5.74) is 36.5. The summed E-state index contributed by atoms with van der Waals surface area (Å²) in [5, 5.41) is 0. The average molecular weight is 1730 g/mol. The van der Waals surface area contributed by atoms with E-state index in [0.717, 1.165) is 89.0 Å². The fraction of sp³-hybridized carbons (Fsp3) is 0.180. The predicted octanol–water partition coefficient (Wildman–Crippen LogP) is 32.8. The second-order valence-electron chi connectivity index (χ2n) is 32.7. The molecule has 2 saturated carbocycles. The van der Waals surface area contributed by atoms with Crippen molar-refractivity contribution in [1.29, 1.82) is 0 Å². The van der Waals surface area contributed by atoms with Crippen molar-refractivity contribution >= 4 is 0 Å². The maximum atomic E-state index is 7.77. The summed E-state index contributed by atoms with van der Waals surface area (Å²) in [6.07, 6.45) is 10.5. The summed E-state index contributed by atoms with van der Waals surface area (Å²) in [5.74, 6) is 31.8. The Hall–Kier alpha value is -16.5. The van der Waals surface area contributed by atoms with Gasteiger partial charge >= 0.3 is 30.3 Å². The summed E-state index contributed by atoms with van der Waals surface area (Å²) in [4.78, 5) is 19.9. The second-order valence-corrected chi connectivity index (χ2v) is 32.7. The van der Waals surface area contributed by atoms with E-state index in [2.05, 4.69) is 309 Å². The zero-order valence-corrected chi connectivity index (χ0v) is 77.8. The van der Waals surface area contributed by atoms with E-state index in [-0.39, 0.29) is 5.56 Å². The molecule has 15 aromatic rings. The molecular weight excluding hydrogens is 1610 g/mol. The quantitative estimate of drug-likeness (QED) is 0.109. The van der Waals surface area contributed by atoms with Crippen LogP contribution in [0.5, 0.6) is 0 Å². The van der Waals surface area contributed by atoms with Crippen LogP contribution >= 0.6 is 0 Å². The molecule has 644 valence electrons. The largest absolute Gasteiger partial charge is 0.310 e. The SMILES string of the molecule is CC#Cc1cc(-c2cccc(-c3cccc(C#[N+]C)c3)c2)cc(C2CCCC2)c1.CC#Cc1cccc(-c2cc(-c3cccc(C#[N+]C)c3)cc(C3CCCC3)c2)c1.CC#Cc1cccc(-c2cc(C)cc(-c3cccc(C#[N+]C)c3)c2)c1.[2H]C([2H])([2H])c1cc(C#CC)cc(-c2cccc(-c3cccc(C#[N+]C)c3)c2)c1.[2H]C([2H])([2H])c1cc(C#[N+]C)cc(-c2cccc(-c3cccc(C#CC)c3)c2)c1. The molecule has 0 atom stereocenters. The molecule has 5 heteroatoms. The van der Waals surface area contributed by atoms with E-state index in [1.54, 1.807) is 66.4 Å². The topological polar surface area (TPSA) is 21.8 Å².